The molecule has 92 valence electrons. The molecule has 0 aliphatic heterocycles. The van der Waals surface area contributed by atoms with Crippen LogP contribution in [0.4, 0.5) is 0 Å². The van der Waals surface area contributed by atoms with Crippen molar-refractivity contribution in [3.05, 3.63) is 27.2 Å². The first kappa shape index (κ1) is 12.5. The van der Waals surface area contributed by atoms with E-state index in [2.05, 4.69) is 27.7 Å². The molecule has 0 aliphatic rings. The summed E-state index contributed by atoms with van der Waals surface area (Å²) in [5.41, 5.74) is 0. The number of tetrazole rings is 1. The number of rotatable bonds is 5. The van der Waals surface area contributed by atoms with Gasteiger partial charge in [0.1, 0.15) is 0 Å². The summed E-state index contributed by atoms with van der Waals surface area (Å²) in [6.45, 7) is 2.97. The molecule has 1 atom stereocenters. The second-order valence-corrected chi connectivity index (χ2v) is 5.40. The zero-order valence-electron chi connectivity index (χ0n) is 9.72. The van der Waals surface area contributed by atoms with Crippen LogP contribution >= 0.6 is 22.9 Å². The van der Waals surface area contributed by atoms with Crippen molar-refractivity contribution in [1.82, 2.24) is 25.5 Å². The Morgan fingerprint density at radius 2 is 2.35 bits per heavy atom. The lowest BCUT2D eigenvalue weighted by Gasteiger charge is -2.13. The fourth-order valence-electron chi connectivity index (χ4n) is 1.62. The number of nitrogens with zero attached hydrogens (tertiary/aromatic N) is 4. The van der Waals surface area contributed by atoms with Crippen LogP contribution in [0.5, 0.6) is 0 Å². The predicted octanol–water partition coefficient (Wildman–Crippen LogP) is 1.82. The molecule has 5 nitrogen and oxygen atoms in total. The molecule has 2 aromatic heterocycles. The number of likely N-dealkylation sites (N-methyl/N-ethyl adjacent to an activating group) is 1. The number of aromatic nitrogens is 4. The molecule has 2 rings (SSSR count). The van der Waals surface area contributed by atoms with Gasteiger partial charge in [0, 0.05) is 17.3 Å². The van der Waals surface area contributed by atoms with E-state index in [1.807, 2.05) is 12.1 Å². The fourth-order valence-corrected chi connectivity index (χ4v) is 2.76. The van der Waals surface area contributed by atoms with Crippen molar-refractivity contribution in [1.29, 1.82) is 0 Å². The van der Waals surface area contributed by atoms with Gasteiger partial charge in [-0.15, -0.1) is 21.5 Å². The topological polar surface area (TPSA) is 55.6 Å². The minimum absolute atomic E-state index is 0.196. The summed E-state index contributed by atoms with van der Waals surface area (Å²) >= 11 is 7.54. The first-order chi connectivity index (χ1) is 8.19. The normalized spacial score (nSPS) is 12.9. The summed E-state index contributed by atoms with van der Waals surface area (Å²) in [7, 11) is 1.76. The highest BCUT2D eigenvalue weighted by Gasteiger charge is 2.16. The lowest BCUT2D eigenvalue weighted by atomic mass is 10.1. The molecule has 1 N–H and O–H groups in total. The Balaban J connectivity index is 2.12. The zero-order valence-corrected chi connectivity index (χ0v) is 11.3. The van der Waals surface area contributed by atoms with Crippen molar-refractivity contribution in [2.24, 2.45) is 7.05 Å². The van der Waals surface area contributed by atoms with Gasteiger partial charge in [-0.2, -0.15) is 4.80 Å². The summed E-state index contributed by atoms with van der Waals surface area (Å²) in [6, 6.07) is 4.15. The van der Waals surface area contributed by atoms with Gasteiger partial charge in [0.15, 0.2) is 5.82 Å². The Morgan fingerprint density at radius 1 is 1.53 bits per heavy atom. The van der Waals surface area contributed by atoms with Crippen molar-refractivity contribution in [2.75, 3.05) is 6.54 Å². The maximum absolute atomic E-state index is 5.95. The van der Waals surface area contributed by atoms with Gasteiger partial charge in [0.05, 0.1) is 11.4 Å². The quantitative estimate of drug-likeness (QED) is 0.901. The van der Waals surface area contributed by atoms with Gasteiger partial charge in [0.2, 0.25) is 0 Å². The number of aryl methyl sites for hydroxylation is 1. The van der Waals surface area contributed by atoms with Gasteiger partial charge in [-0.1, -0.05) is 18.5 Å². The number of thiophene rings is 1. The molecule has 7 heteroatoms. The monoisotopic (exact) mass is 271 g/mol. The van der Waals surface area contributed by atoms with Crippen molar-refractivity contribution in [3.63, 3.8) is 0 Å². The number of hydrogen-bond donors (Lipinski definition) is 1. The van der Waals surface area contributed by atoms with Gasteiger partial charge in [-0.25, -0.2) is 0 Å². The fraction of sp³-hybridized carbons (Fsp3) is 0.500. The third-order valence-electron chi connectivity index (χ3n) is 2.32. The minimum atomic E-state index is 0.196. The van der Waals surface area contributed by atoms with Crippen molar-refractivity contribution in [3.8, 4) is 0 Å². The van der Waals surface area contributed by atoms with Crippen LogP contribution in [0, 0.1) is 0 Å². The molecule has 0 spiro atoms. The summed E-state index contributed by atoms with van der Waals surface area (Å²) in [4.78, 5) is 2.67. The van der Waals surface area contributed by atoms with E-state index in [4.69, 9.17) is 11.6 Å². The maximum Gasteiger partial charge on any atom is 0.176 e. The van der Waals surface area contributed by atoms with E-state index in [0.29, 0.717) is 0 Å². The van der Waals surface area contributed by atoms with Crippen molar-refractivity contribution < 1.29 is 0 Å². The average molecular weight is 272 g/mol. The third kappa shape index (κ3) is 3.24. The summed E-state index contributed by atoms with van der Waals surface area (Å²) in [5.74, 6) is 0.739. The second kappa shape index (κ2) is 5.57. The molecule has 0 fully saturated rings. The molecule has 0 aromatic carbocycles. The smallest absolute Gasteiger partial charge is 0.176 e. The van der Waals surface area contributed by atoms with Crippen LogP contribution < -0.4 is 5.32 Å². The van der Waals surface area contributed by atoms with Gasteiger partial charge in [0.25, 0.3) is 0 Å². The SMILES string of the molecule is CCNC(Cc1nnn(C)n1)c1ccc(Cl)s1. The molecule has 0 saturated heterocycles. The highest BCUT2D eigenvalue weighted by Crippen LogP contribution is 2.28. The lowest BCUT2D eigenvalue weighted by molar-refractivity contribution is 0.542. The Morgan fingerprint density at radius 3 is 2.88 bits per heavy atom. The molecule has 0 aliphatic carbocycles. The Hall–Kier alpha value is -0.980. The van der Waals surface area contributed by atoms with Crippen molar-refractivity contribution in [2.45, 2.75) is 19.4 Å². The summed E-state index contributed by atoms with van der Waals surface area (Å²) in [6.07, 6.45) is 0.721. The highest BCUT2D eigenvalue weighted by molar-refractivity contribution is 7.16. The zero-order chi connectivity index (χ0) is 12.3. The second-order valence-electron chi connectivity index (χ2n) is 3.65. The Labute approximate surface area is 109 Å². The third-order valence-corrected chi connectivity index (χ3v) is 3.67. The minimum Gasteiger partial charge on any atom is -0.309 e. The van der Waals surface area contributed by atoms with E-state index >= 15 is 0 Å². The molecule has 0 saturated carbocycles. The maximum atomic E-state index is 5.95. The van der Waals surface area contributed by atoms with Crippen LogP contribution in [0.3, 0.4) is 0 Å². The van der Waals surface area contributed by atoms with Gasteiger partial charge in [-0.05, 0) is 23.9 Å². The largest absolute Gasteiger partial charge is 0.309 e. The van der Waals surface area contributed by atoms with Gasteiger partial charge in [-0.3, -0.25) is 0 Å². The van der Waals surface area contributed by atoms with E-state index in [-0.39, 0.29) is 6.04 Å². The molecule has 17 heavy (non-hydrogen) atoms. The highest BCUT2D eigenvalue weighted by atomic mass is 35.5. The number of nitrogens with one attached hydrogen (secondary N) is 1. The summed E-state index contributed by atoms with van der Waals surface area (Å²) in [5, 5.41) is 15.4. The molecular weight excluding hydrogens is 258 g/mol. The molecule has 2 aromatic rings. The molecule has 1 unspecified atom stereocenters. The van der Waals surface area contributed by atoms with E-state index in [1.165, 1.54) is 9.67 Å². The van der Waals surface area contributed by atoms with Crippen LogP contribution in [-0.4, -0.2) is 26.8 Å². The predicted molar refractivity (Wildman–Crippen MR) is 68.2 cm³/mol. The summed E-state index contributed by atoms with van der Waals surface area (Å²) < 4.78 is 0.801. The first-order valence-electron chi connectivity index (χ1n) is 5.40. The number of hydrogen-bond acceptors (Lipinski definition) is 5. The molecule has 0 amide bonds. The van der Waals surface area contributed by atoms with E-state index in [0.717, 1.165) is 23.1 Å². The first-order valence-corrected chi connectivity index (χ1v) is 6.60. The number of halogens is 1. The van der Waals surface area contributed by atoms with Gasteiger partial charge >= 0.3 is 0 Å². The van der Waals surface area contributed by atoms with Crippen LogP contribution in [-0.2, 0) is 13.5 Å². The standard InChI is InChI=1S/C10H14ClN5S/c1-3-12-7(8-4-5-9(11)17-8)6-10-13-15-16(2)14-10/h4-5,7,12H,3,6H2,1-2H3. The van der Waals surface area contributed by atoms with Gasteiger partial charge < -0.3 is 5.32 Å². The van der Waals surface area contributed by atoms with Crippen LogP contribution in [0.25, 0.3) is 0 Å². The Kier molecular flexibility index (Phi) is 4.09. The molecule has 0 bridgehead atoms. The molecule has 2 heterocycles. The van der Waals surface area contributed by atoms with E-state index in [9.17, 15) is 0 Å². The average Bonchev–Trinajstić information content (AvgIpc) is 2.87. The molecular formula is C10H14ClN5S. The van der Waals surface area contributed by atoms with E-state index < -0.39 is 0 Å². The van der Waals surface area contributed by atoms with E-state index in [1.54, 1.807) is 18.4 Å². The van der Waals surface area contributed by atoms with Crippen LogP contribution in [0.1, 0.15) is 23.7 Å². The Bertz CT molecular complexity index is 481. The van der Waals surface area contributed by atoms with Crippen LogP contribution in [0.15, 0.2) is 12.1 Å². The van der Waals surface area contributed by atoms with Crippen LogP contribution in [0.2, 0.25) is 4.34 Å². The molecule has 0 radical (unpaired) electrons. The van der Waals surface area contributed by atoms with Crippen molar-refractivity contribution >= 4 is 22.9 Å². The lowest BCUT2D eigenvalue weighted by Crippen LogP contribution is -2.22.